The van der Waals surface area contributed by atoms with Gasteiger partial charge in [0.15, 0.2) is 0 Å². The lowest BCUT2D eigenvalue weighted by Crippen LogP contribution is -2.20. The molecule has 88 valence electrons. The van der Waals surface area contributed by atoms with Crippen molar-refractivity contribution in [2.45, 2.75) is 38.8 Å². The molecule has 2 nitrogen and oxygen atoms in total. The van der Waals surface area contributed by atoms with E-state index >= 15 is 0 Å². The molecule has 0 amide bonds. The van der Waals surface area contributed by atoms with Crippen LogP contribution in [0.2, 0.25) is 0 Å². The van der Waals surface area contributed by atoms with Crippen molar-refractivity contribution in [3.8, 4) is 0 Å². The van der Waals surface area contributed by atoms with Crippen molar-refractivity contribution in [1.29, 1.82) is 0 Å². The highest BCUT2D eigenvalue weighted by molar-refractivity contribution is 5.21. The Balaban J connectivity index is 1.71. The molecule has 2 heteroatoms. The summed E-state index contributed by atoms with van der Waals surface area (Å²) in [6.45, 7) is 2.24. The monoisotopic (exact) mass is 219 g/mol. The van der Waals surface area contributed by atoms with Crippen molar-refractivity contribution in [2.75, 3.05) is 6.54 Å². The first kappa shape index (κ1) is 11.6. The van der Waals surface area contributed by atoms with Crippen LogP contribution in [-0.4, -0.2) is 11.7 Å². The summed E-state index contributed by atoms with van der Waals surface area (Å²) in [6.07, 6.45) is 5.63. The normalized spacial score (nSPS) is 16.8. The largest absolute Gasteiger partial charge is 0.392 e. The summed E-state index contributed by atoms with van der Waals surface area (Å²) >= 11 is 0. The number of nitrogens with one attached hydrogen (secondary N) is 1. The van der Waals surface area contributed by atoms with Gasteiger partial charge in [-0.1, -0.05) is 37.1 Å². The first-order chi connectivity index (χ1) is 7.88. The van der Waals surface area contributed by atoms with Crippen LogP contribution in [0.5, 0.6) is 0 Å². The van der Waals surface area contributed by atoms with Gasteiger partial charge in [0.1, 0.15) is 0 Å². The zero-order chi connectivity index (χ0) is 11.2. The summed E-state index contributed by atoms with van der Waals surface area (Å²) < 4.78 is 0. The summed E-state index contributed by atoms with van der Waals surface area (Å²) in [4.78, 5) is 0. The van der Waals surface area contributed by atoms with E-state index < -0.39 is 0 Å². The molecule has 0 heterocycles. The second kappa shape index (κ2) is 6.02. The minimum Gasteiger partial charge on any atom is -0.392 e. The molecule has 2 N–H and O–H groups in total. The zero-order valence-corrected chi connectivity index (χ0v) is 9.78. The highest BCUT2D eigenvalue weighted by Gasteiger charge is 2.13. The highest BCUT2D eigenvalue weighted by Crippen LogP contribution is 2.23. The van der Waals surface area contributed by atoms with Crippen LogP contribution in [0.15, 0.2) is 24.3 Å². The van der Waals surface area contributed by atoms with Gasteiger partial charge in [-0.25, -0.2) is 0 Å². The smallest absolute Gasteiger partial charge is 0.0681 e. The van der Waals surface area contributed by atoms with Gasteiger partial charge in [0.05, 0.1) is 6.61 Å². The average molecular weight is 219 g/mol. The number of benzene rings is 1. The third-order valence-electron chi connectivity index (χ3n) is 3.44. The van der Waals surface area contributed by atoms with E-state index in [0.29, 0.717) is 0 Å². The van der Waals surface area contributed by atoms with Crippen molar-refractivity contribution in [3.05, 3.63) is 35.4 Å². The number of hydrogen-bond acceptors (Lipinski definition) is 2. The topological polar surface area (TPSA) is 32.3 Å². The Morgan fingerprint density at radius 2 is 1.69 bits per heavy atom. The number of hydrogen-bond donors (Lipinski definition) is 2. The second-order valence-corrected chi connectivity index (χ2v) is 4.76. The average Bonchev–Trinajstić information content (AvgIpc) is 2.83. The van der Waals surface area contributed by atoms with Crippen molar-refractivity contribution in [3.63, 3.8) is 0 Å². The zero-order valence-electron chi connectivity index (χ0n) is 9.78. The van der Waals surface area contributed by atoms with E-state index in [9.17, 15) is 0 Å². The van der Waals surface area contributed by atoms with Crippen LogP contribution in [0.4, 0.5) is 0 Å². The van der Waals surface area contributed by atoms with Gasteiger partial charge in [0, 0.05) is 6.54 Å². The Labute approximate surface area is 97.7 Å². The second-order valence-electron chi connectivity index (χ2n) is 4.76. The summed E-state index contributed by atoms with van der Waals surface area (Å²) in [5.74, 6) is 0.900. The van der Waals surface area contributed by atoms with E-state index in [2.05, 4.69) is 17.4 Å². The van der Waals surface area contributed by atoms with Crippen LogP contribution >= 0.6 is 0 Å². The fourth-order valence-corrected chi connectivity index (χ4v) is 2.40. The molecule has 0 unspecified atom stereocenters. The Morgan fingerprint density at radius 3 is 2.31 bits per heavy atom. The quantitative estimate of drug-likeness (QED) is 0.797. The first-order valence-corrected chi connectivity index (χ1v) is 6.28. The van der Waals surface area contributed by atoms with Gasteiger partial charge in [-0.15, -0.1) is 0 Å². The molecule has 1 saturated carbocycles. The van der Waals surface area contributed by atoms with Crippen molar-refractivity contribution in [1.82, 2.24) is 5.32 Å². The maximum Gasteiger partial charge on any atom is 0.0681 e. The Hall–Kier alpha value is -0.860. The van der Waals surface area contributed by atoms with Gasteiger partial charge in [-0.05, 0) is 36.4 Å². The predicted molar refractivity (Wildman–Crippen MR) is 66.0 cm³/mol. The van der Waals surface area contributed by atoms with Gasteiger partial charge >= 0.3 is 0 Å². The lowest BCUT2D eigenvalue weighted by atomic mass is 10.1. The standard InChI is InChI=1S/C14H21NO/c16-11-14-7-5-13(6-8-14)10-15-9-12-3-1-2-4-12/h5-8,12,15-16H,1-4,9-11H2. The highest BCUT2D eigenvalue weighted by atomic mass is 16.3. The van der Waals surface area contributed by atoms with Crippen molar-refractivity contribution in [2.24, 2.45) is 5.92 Å². The third kappa shape index (κ3) is 3.32. The minimum atomic E-state index is 0.135. The SMILES string of the molecule is OCc1ccc(CNCC2CCCC2)cc1. The van der Waals surface area contributed by atoms with Crippen molar-refractivity contribution < 1.29 is 5.11 Å². The van der Waals surface area contributed by atoms with Crippen LogP contribution in [0, 0.1) is 5.92 Å². The molecule has 1 aromatic rings. The molecular formula is C14H21NO. The molecule has 0 bridgehead atoms. The summed E-state index contributed by atoms with van der Waals surface area (Å²) in [6, 6.07) is 8.17. The Morgan fingerprint density at radius 1 is 1.06 bits per heavy atom. The number of aliphatic hydroxyl groups excluding tert-OH is 1. The lowest BCUT2D eigenvalue weighted by Gasteiger charge is -2.10. The fraction of sp³-hybridized carbons (Fsp3) is 0.571. The summed E-state index contributed by atoms with van der Waals surface area (Å²) in [7, 11) is 0. The summed E-state index contributed by atoms with van der Waals surface area (Å²) in [5, 5.41) is 12.5. The molecule has 0 saturated heterocycles. The van der Waals surface area contributed by atoms with Gasteiger partial charge in [0.25, 0.3) is 0 Å². The van der Waals surface area contributed by atoms with Crippen LogP contribution in [0.25, 0.3) is 0 Å². The molecule has 0 aromatic heterocycles. The Bertz CT molecular complexity index is 301. The van der Waals surface area contributed by atoms with Crippen LogP contribution in [-0.2, 0) is 13.2 Å². The van der Waals surface area contributed by atoms with E-state index in [1.165, 1.54) is 31.2 Å². The van der Waals surface area contributed by atoms with E-state index in [4.69, 9.17) is 5.11 Å². The maximum atomic E-state index is 8.93. The minimum absolute atomic E-state index is 0.135. The lowest BCUT2D eigenvalue weighted by molar-refractivity contribution is 0.282. The van der Waals surface area contributed by atoms with Gasteiger partial charge in [-0.3, -0.25) is 0 Å². The third-order valence-corrected chi connectivity index (χ3v) is 3.44. The van der Waals surface area contributed by atoms with Crippen LogP contribution in [0.3, 0.4) is 0 Å². The molecule has 2 rings (SSSR count). The first-order valence-electron chi connectivity index (χ1n) is 6.28. The summed E-state index contributed by atoms with van der Waals surface area (Å²) in [5.41, 5.74) is 2.29. The number of rotatable bonds is 5. The van der Waals surface area contributed by atoms with E-state index in [0.717, 1.165) is 24.6 Å². The van der Waals surface area contributed by atoms with E-state index in [-0.39, 0.29) is 6.61 Å². The Kier molecular flexibility index (Phi) is 4.37. The maximum absolute atomic E-state index is 8.93. The van der Waals surface area contributed by atoms with Crippen LogP contribution < -0.4 is 5.32 Å². The van der Waals surface area contributed by atoms with E-state index in [1.807, 2.05) is 12.1 Å². The molecule has 1 aromatic carbocycles. The molecule has 1 fully saturated rings. The van der Waals surface area contributed by atoms with Gasteiger partial charge in [0.2, 0.25) is 0 Å². The molecular weight excluding hydrogens is 198 g/mol. The van der Waals surface area contributed by atoms with Gasteiger partial charge < -0.3 is 10.4 Å². The molecule has 1 aliphatic carbocycles. The molecule has 0 spiro atoms. The molecule has 1 aliphatic rings. The van der Waals surface area contributed by atoms with E-state index in [1.54, 1.807) is 0 Å². The molecule has 0 atom stereocenters. The number of aliphatic hydroxyl groups is 1. The molecule has 0 aliphatic heterocycles. The molecule has 16 heavy (non-hydrogen) atoms. The van der Waals surface area contributed by atoms with Gasteiger partial charge in [-0.2, -0.15) is 0 Å². The van der Waals surface area contributed by atoms with Crippen LogP contribution in [0.1, 0.15) is 36.8 Å². The predicted octanol–water partition coefficient (Wildman–Crippen LogP) is 2.46. The fourth-order valence-electron chi connectivity index (χ4n) is 2.40. The van der Waals surface area contributed by atoms with Crippen molar-refractivity contribution >= 4 is 0 Å². The molecule has 0 radical (unpaired) electrons.